The molecular formula is C24H29N3O3S. The molecule has 0 bridgehead atoms. The fraction of sp³-hybridized carbons (Fsp3) is 0.417. The molecule has 1 saturated heterocycles. The number of benzene rings is 2. The Balaban J connectivity index is 1.55. The van der Waals surface area contributed by atoms with E-state index in [-0.39, 0.29) is 5.56 Å². The van der Waals surface area contributed by atoms with Crippen LogP contribution >= 0.6 is 12.6 Å². The van der Waals surface area contributed by atoms with Gasteiger partial charge in [0.05, 0.1) is 30.3 Å². The molecule has 0 radical (unpaired) electrons. The van der Waals surface area contributed by atoms with Crippen LogP contribution in [-0.4, -0.2) is 47.3 Å². The first kappa shape index (κ1) is 21.7. The van der Waals surface area contributed by atoms with E-state index in [9.17, 15) is 4.79 Å². The van der Waals surface area contributed by atoms with Gasteiger partial charge in [0.1, 0.15) is 17.3 Å². The Morgan fingerprint density at radius 3 is 2.81 bits per heavy atom. The lowest BCUT2D eigenvalue weighted by molar-refractivity contribution is 0.230. The number of thiol groups is 1. The molecule has 0 spiro atoms. The van der Waals surface area contributed by atoms with Gasteiger partial charge in [-0.25, -0.2) is 4.98 Å². The maximum Gasteiger partial charge on any atom is 0.266 e. The van der Waals surface area contributed by atoms with Crippen LogP contribution in [0.3, 0.4) is 0 Å². The van der Waals surface area contributed by atoms with Crippen molar-refractivity contribution >= 4 is 23.5 Å². The third kappa shape index (κ3) is 4.57. The van der Waals surface area contributed by atoms with Crippen LogP contribution < -0.4 is 15.0 Å². The van der Waals surface area contributed by atoms with Gasteiger partial charge < -0.3 is 14.4 Å². The number of methoxy groups -OCH3 is 1. The van der Waals surface area contributed by atoms with Crippen molar-refractivity contribution in [3.63, 3.8) is 0 Å². The topological polar surface area (TPSA) is 56.6 Å². The fourth-order valence-electron chi connectivity index (χ4n) is 4.28. The van der Waals surface area contributed by atoms with Crippen molar-refractivity contribution in [3.8, 4) is 17.2 Å². The van der Waals surface area contributed by atoms with E-state index in [1.165, 1.54) is 19.4 Å². The highest BCUT2D eigenvalue weighted by molar-refractivity contribution is 7.80. The van der Waals surface area contributed by atoms with Crippen molar-refractivity contribution in [3.05, 3.63) is 52.6 Å². The fourth-order valence-corrected chi connectivity index (χ4v) is 4.49. The summed E-state index contributed by atoms with van der Waals surface area (Å²) in [6.45, 7) is 7.00. The normalized spacial score (nSPS) is 16.7. The van der Waals surface area contributed by atoms with E-state index in [4.69, 9.17) is 9.47 Å². The minimum atomic E-state index is -0.148. The predicted molar refractivity (Wildman–Crippen MR) is 126 cm³/mol. The Bertz CT molecular complexity index is 1140. The first-order valence-corrected chi connectivity index (χ1v) is 11.2. The molecule has 0 aliphatic carbocycles. The number of fused-ring (bicyclic) bond motifs is 1. The van der Waals surface area contributed by atoms with E-state index >= 15 is 0 Å². The quantitative estimate of drug-likeness (QED) is 0.441. The molecule has 6 nitrogen and oxygen atoms in total. The maximum absolute atomic E-state index is 13.2. The molecule has 2 heterocycles. The average Bonchev–Trinajstić information content (AvgIpc) is 3.17. The standard InChI is InChI=1S/C24H29N3O3S/c1-16-6-4-11-26(16)12-5-13-30-18-7-10-22(23(14-18)29-3)27-17(2)25-21-9-8-19(31)15-20(21)24(27)28/h7-10,14-16,31H,4-6,11-13H2,1-3H3/t16-/m0/s1. The molecule has 2 aromatic carbocycles. The zero-order valence-corrected chi connectivity index (χ0v) is 19.2. The highest BCUT2D eigenvalue weighted by Crippen LogP contribution is 2.28. The van der Waals surface area contributed by atoms with Crippen molar-refractivity contribution < 1.29 is 9.47 Å². The summed E-state index contributed by atoms with van der Waals surface area (Å²) in [6, 6.07) is 11.6. The second kappa shape index (κ2) is 9.32. The first-order chi connectivity index (χ1) is 15.0. The van der Waals surface area contributed by atoms with Gasteiger partial charge in [-0.1, -0.05) is 0 Å². The Morgan fingerprint density at radius 1 is 1.23 bits per heavy atom. The highest BCUT2D eigenvalue weighted by Gasteiger charge is 2.19. The summed E-state index contributed by atoms with van der Waals surface area (Å²) in [5.41, 5.74) is 1.15. The van der Waals surface area contributed by atoms with Crippen LogP contribution in [0, 0.1) is 6.92 Å². The molecule has 1 aliphatic heterocycles. The molecule has 7 heteroatoms. The van der Waals surface area contributed by atoms with Crippen molar-refractivity contribution in [2.45, 2.75) is 44.0 Å². The van der Waals surface area contributed by atoms with Crippen LogP contribution in [0.5, 0.6) is 11.5 Å². The largest absolute Gasteiger partial charge is 0.494 e. The van der Waals surface area contributed by atoms with Crippen molar-refractivity contribution in [1.82, 2.24) is 14.5 Å². The smallest absolute Gasteiger partial charge is 0.266 e. The molecule has 1 fully saturated rings. The number of hydrogen-bond donors (Lipinski definition) is 1. The summed E-state index contributed by atoms with van der Waals surface area (Å²) in [6.07, 6.45) is 3.56. The summed E-state index contributed by atoms with van der Waals surface area (Å²) < 4.78 is 13.1. The molecule has 164 valence electrons. The van der Waals surface area contributed by atoms with E-state index in [1.54, 1.807) is 17.7 Å². The van der Waals surface area contributed by atoms with Crippen molar-refractivity contribution in [1.29, 1.82) is 0 Å². The zero-order valence-electron chi connectivity index (χ0n) is 18.3. The summed E-state index contributed by atoms with van der Waals surface area (Å²) in [5.74, 6) is 1.89. The molecular weight excluding hydrogens is 410 g/mol. The SMILES string of the molecule is COc1cc(OCCCN2CCC[C@@H]2C)ccc1-n1c(C)nc2ccc(S)cc2c1=O. The van der Waals surface area contributed by atoms with Gasteiger partial charge in [-0.15, -0.1) is 12.6 Å². The molecule has 31 heavy (non-hydrogen) atoms. The summed E-state index contributed by atoms with van der Waals surface area (Å²) >= 11 is 4.36. The summed E-state index contributed by atoms with van der Waals surface area (Å²) in [5, 5.41) is 0.525. The minimum absolute atomic E-state index is 0.148. The lowest BCUT2D eigenvalue weighted by atomic mass is 10.2. The number of ether oxygens (including phenoxy) is 2. The van der Waals surface area contributed by atoms with Gasteiger partial charge in [0.2, 0.25) is 0 Å². The molecule has 4 rings (SSSR count). The number of nitrogens with zero attached hydrogens (tertiary/aromatic N) is 3. The number of aryl methyl sites for hydroxylation is 1. The molecule has 0 saturated carbocycles. The van der Waals surface area contributed by atoms with Gasteiger partial charge in [0.15, 0.2) is 0 Å². The third-order valence-electron chi connectivity index (χ3n) is 5.96. The first-order valence-electron chi connectivity index (χ1n) is 10.8. The summed E-state index contributed by atoms with van der Waals surface area (Å²) in [7, 11) is 1.60. The Hall–Kier alpha value is -2.51. The highest BCUT2D eigenvalue weighted by atomic mass is 32.1. The van der Waals surface area contributed by atoms with Gasteiger partial charge in [0, 0.05) is 23.5 Å². The van der Waals surface area contributed by atoms with Crippen molar-refractivity contribution in [2.24, 2.45) is 0 Å². The monoisotopic (exact) mass is 439 g/mol. The second-order valence-electron chi connectivity index (χ2n) is 8.06. The molecule has 1 aliphatic rings. The van der Waals surface area contributed by atoms with E-state index in [2.05, 4.69) is 29.4 Å². The Labute approximate surface area is 188 Å². The second-order valence-corrected chi connectivity index (χ2v) is 8.58. The number of likely N-dealkylation sites (tertiary alicyclic amines) is 1. The van der Waals surface area contributed by atoms with Crippen LogP contribution in [0.1, 0.15) is 32.0 Å². The van der Waals surface area contributed by atoms with E-state index in [1.807, 2.05) is 37.3 Å². The van der Waals surface area contributed by atoms with Gasteiger partial charge in [0.25, 0.3) is 5.56 Å². The van der Waals surface area contributed by atoms with Crippen LogP contribution in [0.2, 0.25) is 0 Å². The number of aromatic nitrogens is 2. The van der Waals surface area contributed by atoms with Crippen LogP contribution in [0.25, 0.3) is 16.6 Å². The average molecular weight is 440 g/mol. The molecule has 0 N–H and O–H groups in total. The Kier molecular flexibility index (Phi) is 6.53. The van der Waals surface area contributed by atoms with Gasteiger partial charge >= 0.3 is 0 Å². The molecule has 3 aromatic rings. The minimum Gasteiger partial charge on any atom is -0.494 e. The summed E-state index contributed by atoms with van der Waals surface area (Å²) in [4.78, 5) is 21.1. The van der Waals surface area contributed by atoms with Crippen LogP contribution in [-0.2, 0) is 0 Å². The molecule has 1 aromatic heterocycles. The zero-order chi connectivity index (χ0) is 22.0. The molecule has 0 amide bonds. The Morgan fingerprint density at radius 2 is 2.06 bits per heavy atom. The third-order valence-corrected chi connectivity index (χ3v) is 6.24. The number of rotatable bonds is 7. The lowest BCUT2D eigenvalue weighted by Gasteiger charge is -2.20. The van der Waals surface area contributed by atoms with Crippen LogP contribution in [0.15, 0.2) is 46.1 Å². The van der Waals surface area contributed by atoms with Gasteiger partial charge in [-0.3, -0.25) is 9.36 Å². The van der Waals surface area contributed by atoms with Gasteiger partial charge in [-0.2, -0.15) is 0 Å². The molecule has 0 unspecified atom stereocenters. The number of hydrogen-bond acceptors (Lipinski definition) is 6. The van der Waals surface area contributed by atoms with Crippen LogP contribution in [0.4, 0.5) is 0 Å². The van der Waals surface area contributed by atoms with E-state index in [0.29, 0.717) is 40.8 Å². The maximum atomic E-state index is 13.2. The predicted octanol–water partition coefficient (Wildman–Crippen LogP) is 4.24. The van der Waals surface area contributed by atoms with Gasteiger partial charge in [-0.05, 0) is 70.0 Å². The lowest BCUT2D eigenvalue weighted by Crippen LogP contribution is -2.28. The van der Waals surface area contributed by atoms with E-state index < -0.39 is 0 Å². The van der Waals surface area contributed by atoms with Crippen molar-refractivity contribution in [2.75, 3.05) is 26.8 Å². The van der Waals surface area contributed by atoms with E-state index in [0.717, 1.165) is 23.6 Å². The molecule has 1 atom stereocenters.